The molecule has 0 spiro atoms. The molecule has 0 bridgehead atoms. The van der Waals surface area contributed by atoms with Crippen LogP contribution >= 0.6 is 23.2 Å². The fraction of sp³-hybridized carbons (Fsp3) is 0.278. The van der Waals surface area contributed by atoms with Gasteiger partial charge in [0, 0.05) is 12.6 Å². The van der Waals surface area contributed by atoms with Gasteiger partial charge in [0.15, 0.2) is 0 Å². The fourth-order valence-electron chi connectivity index (χ4n) is 2.71. The van der Waals surface area contributed by atoms with Crippen molar-refractivity contribution in [1.82, 2.24) is 24.9 Å². The average molecular weight is 392 g/mol. The average Bonchev–Trinajstić information content (AvgIpc) is 3.07. The molecule has 0 radical (unpaired) electrons. The zero-order valence-corrected chi connectivity index (χ0v) is 16.3. The van der Waals surface area contributed by atoms with E-state index < -0.39 is 0 Å². The first kappa shape index (κ1) is 18.5. The topological polar surface area (TPSA) is 64.7 Å². The maximum absolute atomic E-state index is 12.5. The summed E-state index contributed by atoms with van der Waals surface area (Å²) in [5.41, 5.74) is 4.01. The number of hydrogen-bond donors (Lipinski definition) is 1. The van der Waals surface area contributed by atoms with Gasteiger partial charge in [0.1, 0.15) is 0 Å². The lowest BCUT2D eigenvalue weighted by Gasteiger charge is -2.09. The first-order valence-electron chi connectivity index (χ1n) is 8.10. The Morgan fingerprint density at radius 3 is 2.65 bits per heavy atom. The van der Waals surface area contributed by atoms with E-state index in [1.54, 1.807) is 24.0 Å². The van der Waals surface area contributed by atoms with Gasteiger partial charge in [0.2, 0.25) is 0 Å². The molecule has 26 heavy (non-hydrogen) atoms. The number of nitrogens with one attached hydrogen (secondary N) is 1. The van der Waals surface area contributed by atoms with Gasteiger partial charge in [-0.1, -0.05) is 35.3 Å². The number of amides is 1. The van der Waals surface area contributed by atoms with Crippen LogP contribution in [0.5, 0.6) is 0 Å². The molecule has 2 aromatic heterocycles. The molecule has 0 aliphatic heterocycles. The minimum absolute atomic E-state index is 0.171. The number of hydrogen-bond acceptors (Lipinski definition) is 3. The highest BCUT2D eigenvalue weighted by atomic mass is 35.5. The standard InChI is InChI=1S/C18H19Cl2N5O/c1-11-17(20)12(2)25(23-11)10-13-5-4-6-14(7-13)18(26)21-9-16-15(19)8-22-24(16)3/h4-8H,9-10H2,1-3H3,(H,21,26). The maximum atomic E-state index is 12.5. The van der Waals surface area contributed by atoms with Crippen LogP contribution in [-0.2, 0) is 20.1 Å². The summed E-state index contributed by atoms with van der Waals surface area (Å²) in [5, 5.41) is 12.6. The predicted molar refractivity (Wildman–Crippen MR) is 102 cm³/mol. The molecule has 0 unspecified atom stereocenters. The van der Waals surface area contributed by atoms with Crippen molar-refractivity contribution in [3.8, 4) is 0 Å². The molecule has 0 fully saturated rings. The minimum Gasteiger partial charge on any atom is -0.346 e. The van der Waals surface area contributed by atoms with Gasteiger partial charge < -0.3 is 5.32 Å². The van der Waals surface area contributed by atoms with Gasteiger partial charge in [-0.3, -0.25) is 14.2 Å². The second-order valence-electron chi connectivity index (χ2n) is 6.09. The van der Waals surface area contributed by atoms with Gasteiger partial charge >= 0.3 is 0 Å². The van der Waals surface area contributed by atoms with Gasteiger partial charge in [0.25, 0.3) is 5.91 Å². The predicted octanol–water partition coefficient (Wildman–Crippen LogP) is 3.52. The van der Waals surface area contributed by atoms with E-state index in [0.29, 0.717) is 28.7 Å². The van der Waals surface area contributed by atoms with E-state index in [4.69, 9.17) is 23.2 Å². The molecule has 0 aliphatic carbocycles. The third kappa shape index (κ3) is 3.76. The van der Waals surface area contributed by atoms with Crippen LogP contribution in [0.4, 0.5) is 0 Å². The highest BCUT2D eigenvalue weighted by molar-refractivity contribution is 6.31. The summed E-state index contributed by atoms with van der Waals surface area (Å²) in [6, 6.07) is 7.44. The Balaban J connectivity index is 1.72. The number of rotatable bonds is 5. The Morgan fingerprint density at radius 2 is 2.04 bits per heavy atom. The Kier molecular flexibility index (Phi) is 5.34. The number of aryl methyl sites for hydroxylation is 2. The second kappa shape index (κ2) is 7.51. The summed E-state index contributed by atoms with van der Waals surface area (Å²) >= 11 is 12.3. The summed E-state index contributed by atoms with van der Waals surface area (Å²) in [5.74, 6) is -0.171. The lowest BCUT2D eigenvalue weighted by molar-refractivity contribution is 0.0950. The molecular weight excluding hydrogens is 373 g/mol. The monoisotopic (exact) mass is 391 g/mol. The van der Waals surface area contributed by atoms with Crippen molar-refractivity contribution >= 4 is 29.1 Å². The highest BCUT2D eigenvalue weighted by Crippen LogP contribution is 2.20. The Hall–Kier alpha value is -2.31. The molecule has 1 aromatic carbocycles. The summed E-state index contributed by atoms with van der Waals surface area (Å²) in [6.07, 6.45) is 1.56. The van der Waals surface area contributed by atoms with Gasteiger partial charge in [-0.2, -0.15) is 10.2 Å². The van der Waals surface area contributed by atoms with Gasteiger partial charge in [-0.05, 0) is 31.5 Å². The summed E-state index contributed by atoms with van der Waals surface area (Å²) in [7, 11) is 1.79. The minimum atomic E-state index is -0.171. The second-order valence-corrected chi connectivity index (χ2v) is 6.87. The van der Waals surface area contributed by atoms with Crippen molar-refractivity contribution in [2.24, 2.45) is 7.05 Å². The maximum Gasteiger partial charge on any atom is 0.251 e. The van der Waals surface area contributed by atoms with E-state index in [-0.39, 0.29) is 5.91 Å². The van der Waals surface area contributed by atoms with Gasteiger partial charge in [-0.25, -0.2) is 0 Å². The molecule has 1 amide bonds. The molecule has 2 heterocycles. The van der Waals surface area contributed by atoms with Crippen molar-refractivity contribution in [1.29, 1.82) is 0 Å². The smallest absolute Gasteiger partial charge is 0.251 e. The van der Waals surface area contributed by atoms with Crippen molar-refractivity contribution < 1.29 is 4.79 Å². The van der Waals surface area contributed by atoms with Gasteiger partial charge in [0.05, 0.1) is 46.4 Å². The first-order valence-corrected chi connectivity index (χ1v) is 8.85. The SMILES string of the molecule is Cc1nn(Cc2cccc(C(=O)NCc3c(Cl)cnn3C)c2)c(C)c1Cl. The Labute approximate surface area is 161 Å². The fourth-order valence-corrected chi connectivity index (χ4v) is 3.08. The normalized spacial score (nSPS) is 11.0. The molecule has 136 valence electrons. The number of halogens is 2. The number of benzene rings is 1. The van der Waals surface area contributed by atoms with Crippen LogP contribution in [0.1, 0.15) is 33.0 Å². The summed E-state index contributed by atoms with van der Waals surface area (Å²) in [6.45, 7) is 4.66. The Bertz CT molecular complexity index is 941. The lowest BCUT2D eigenvalue weighted by Crippen LogP contribution is -2.24. The van der Waals surface area contributed by atoms with Crippen molar-refractivity contribution in [2.75, 3.05) is 0 Å². The van der Waals surface area contributed by atoms with Crippen LogP contribution < -0.4 is 5.32 Å². The van der Waals surface area contributed by atoms with E-state index in [9.17, 15) is 4.79 Å². The molecule has 3 rings (SSSR count). The van der Waals surface area contributed by atoms with E-state index in [0.717, 1.165) is 22.6 Å². The zero-order valence-electron chi connectivity index (χ0n) is 14.8. The van der Waals surface area contributed by atoms with E-state index in [2.05, 4.69) is 15.5 Å². The summed E-state index contributed by atoms with van der Waals surface area (Å²) in [4.78, 5) is 12.5. The quantitative estimate of drug-likeness (QED) is 0.723. The number of nitrogens with zero attached hydrogens (tertiary/aromatic N) is 4. The number of aromatic nitrogens is 4. The van der Waals surface area contributed by atoms with Crippen LogP contribution in [0.25, 0.3) is 0 Å². The third-order valence-electron chi connectivity index (χ3n) is 4.24. The van der Waals surface area contributed by atoms with Crippen LogP contribution in [0.3, 0.4) is 0 Å². The van der Waals surface area contributed by atoms with E-state index in [1.807, 2.05) is 36.7 Å². The molecule has 0 saturated carbocycles. The lowest BCUT2D eigenvalue weighted by atomic mass is 10.1. The first-order chi connectivity index (χ1) is 12.4. The Morgan fingerprint density at radius 1 is 1.27 bits per heavy atom. The molecule has 0 saturated heterocycles. The molecule has 0 atom stereocenters. The number of carbonyl (C=O) groups excluding carboxylic acids is 1. The van der Waals surface area contributed by atoms with E-state index in [1.165, 1.54) is 0 Å². The van der Waals surface area contributed by atoms with E-state index >= 15 is 0 Å². The molecular formula is C18H19Cl2N5O. The van der Waals surface area contributed by atoms with Crippen molar-refractivity contribution in [3.05, 3.63) is 68.7 Å². The zero-order chi connectivity index (χ0) is 18.8. The number of carbonyl (C=O) groups is 1. The van der Waals surface area contributed by atoms with Crippen molar-refractivity contribution in [3.63, 3.8) is 0 Å². The largest absolute Gasteiger partial charge is 0.346 e. The summed E-state index contributed by atoms with van der Waals surface area (Å²) < 4.78 is 3.48. The van der Waals surface area contributed by atoms with Crippen LogP contribution in [-0.4, -0.2) is 25.5 Å². The van der Waals surface area contributed by atoms with Crippen molar-refractivity contribution in [2.45, 2.75) is 26.9 Å². The molecule has 0 aliphatic rings. The van der Waals surface area contributed by atoms with Gasteiger partial charge in [-0.15, -0.1) is 0 Å². The van der Waals surface area contributed by atoms with Crippen LogP contribution in [0.2, 0.25) is 10.0 Å². The molecule has 1 N–H and O–H groups in total. The van der Waals surface area contributed by atoms with Crippen LogP contribution in [0, 0.1) is 13.8 Å². The highest BCUT2D eigenvalue weighted by Gasteiger charge is 2.12. The molecule has 6 nitrogen and oxygen atoms in total. The molecule has 8 heteroatoms. The van der Waals surface area contributed by atoms with Crippen LogP contribution in [0.15, 0.2) is 30.5 Å². The molecule has 3 aromatic rings. The third-order valence-corrected chi connectivity index (χ3v) is 5.10.